The van der Waals surface area contributed by atoms with E-state index in [1.165, 1.54) is 28.6 Å². The Kier molecular flexibility index (Phi) is 7.58. The normalized spacial score (nSPS) is 15.5. The zero-order chi connectivity index (χ0) is 22.5. The molecule has 2 aromatic carbocycles. The van der Waals surface area contributed by atoms with Crippen molar-refractivity contribution >= 4 is 31.4 Å². The second-order valence-electron chi connectivity index (χ2n) is 7.42. The SMILES string of the molecule is CCCCNc1ccc(S(=O)(=O)N2CCOCC2)cc1NS(=O)(=O)c1ccc(C)cc1. The maximum absolute atomic E-state index is 13.1. The Morgan fingerprint density at radius 1 is 0.935 bits per heavy atom. The number of hydrogen-bond donors (Lipinski definition) is 2. The van der Waals surface area contributed by atoms with Gasteiger partial charge in [0.1, 0.15) is 0 Å². The minimum atomic E-state index is -3.89. The summed E-state index contributed by atoms with van der Waals surface area (Å²) in [4.78, 5) is 0.149. The first-order valence-electron chi connectivity index (χ1n) is 10.3. The second kappa shape index (κ2) is 9.99. The van der Waals surface area contributed by atoms with Crippen LogP contribution in [0.25, 0.3) is 0 Å². The van der Waals surface area contributed by atoms with Crippen molar-refractivity contribution in [1.82, 2.24) is 4.31 Å². The molecule has 0 atom stereocenters. The van der Waals surface area contributed by atoms with Crippen molar-refractivity contribution in [3.63, 3.8) is 0 Å². The number of morpholine rings is 1. The molecule has 1 aliphatic heterocycles. The van der Waals surface area contributed by atoms with Crippen LogP contribution >= 0.6 is 0 Å². The molecule has 0 radical (unpaired) electrons. The molecule has 31 heavy (non-hydrogen) atoms. The summed E-state index contributed by atoms with van der Waals surface area (Å²) in [6, 6.07) is 11.0. The maximum atomic E-state index is 13.1. The molecule has 3 rings (SSSR count). The van der Waals surface area contributed by atoms with E-state index >= 15 is 0 Å². The van der Waals surface area contributed by atoms with Gasteiger partial charge in [-0.2, -0.15) is 4.31 Å². The van der Waals surface area contributed by atoms with Gasteiger partial charge in [0.05, 0.1) is 34.4 Å². The third-order valence-electron chi connectivity index (χ3n) is 5.02. The van der Waals surface area contributed by atoms with Crippen LogP contribution in [0.5, 0.6) is 0 Å². The average Bonchev–Trinajstić information content (AvgIpc) is 2.75. The van der Waals surface area contributed by atoms with E-state index in [0.29, 0.717) is 25.4 Å². The van der Waals surface area contributed by atoms with Gasteiger partial charge >= 0.3 is 0 Å². The first-order chi connectivity index (χ1) is 14.7. The maximum Gasteiger partial charge on any atom is 0.261 e. The average molecular weight is 468 g/mol. The van der Waals surface area contributed by atoms with Crippen LogP contribution in [0.2, 0.25) is 0 Å². The molecular weight excluding hydrogens is 438 g/mol. The van der Waals surface area contributed by atoms with Crippen LogP contribution in [0.3, 0.4) is 0 Å². The number of benzene rings is 2. The van der Waals surface area contributed by atoms with Crippen LogP contribution in [0.4, 0.5) is 11.4 Å². The lowest BCUT2D eigenvalue weighted by molar-refractivity contribution is 0.0730. The standard InChI is InChI=1S/C21H29N3O5S2/c1-3-4-11-22-20-10-9-19(31(27,28)24-12-14-29-15-13-24)16-21(20)23-30(25,26)18-7-5-17(2)6-8-18/h5-10,16,22-23H,3-4,11-15H2,1-2H3. The lowest BCUT2D eigenvalue weighted by Crippen LogP contribution is -2.40. The summed E-state index contributed by atoms with van der Waals surface area (Å²) in [5, 5.41) is 3.20. The molecule has 0 aromatic heterocycles. The zero-order valence-electron chi connectivity index (χ0n) is 17.8. The molecule has 8 nitrogen and oxygen atoms in total. The molecule has 0 saturated carbocycles. The van der Waals surface area contributed by atoms with Crippen molar-refractivity contribution < 1.29 is 21.6 Å². The molecule has 1 fully saturated rings. The molecule has 10 heteroatoms. The number of nitrogens with one attached hydrogen (secondary N) is 2. The number of hydrogen-bond acceptors (Lipinski definition) is 6. The van der Waals surface area contributed by atoms with E-state index in [4.69, 9.17) is 4.74 Å². The fraction of sp³-hybridized carbons (Fsp3) is 0.429. The van der Waals surface area contributed by atoms with Crippen molar-refractivity contribution in [2.24, 2.45) is 0 Å². The van der Waals surface area contributed by atoms with Gasteiger partial charge in [-0.1, -0.05) is 31.0 Å². The van der Waals surface area contributed by atoms with Gasteiger partial charge < -0.3 is 10.1 Å². The third-order valence-corrected chi connectivity index (χ3v) is 8.30. The Hall–Kier alpha value is -2.14. The van der Waals surface area contributed by atoms with Crippen molar-refractivity contribution in [3.8, 4) is 0 Å². The number of aryl methyl sites for hydroxylation is 1. The molecule has 2 N–H and O–H groups in total. The Morgan fingerprint density at radius 3 is 2.23 bits per heavy atom. The number of unbranched alkanes of at least 4 members (excludes halogenated alkanes) is 1. The molecule has 0 bridgehead atoms. The van der Waals surface area contributed by atoms with E-state index in [9.17, 15) is 16.8 Å². The Bertz CT molecular complexity index is 1090. The zero-order valence-corrected chi connectivity index (χ0v) is 19.4. The number of ether oxygens (including phenoxy) is 1. The van der Waals surface area contributed by atoms with Crippen LogP contribution in [0.1, 0.15) is 25.3 Å². The lowest BCUT2D eigenvalue weighted by atomic mass is 10.2. The van der Waals surface area contributed by atoms with E-state index < -0.39 is 20.0 Å². The summed E-state index contributed by atoms with van der Waals surface area (Å²) in [7, 11) is -7.65. The monoisotopic (exact) mass is 467 g/mol. The largest absolute Gasteiger partial charge is 0.383 e. The molecule has 0 amide bonds. The van der Waals surface area contributed by atoms with Gasteiger partial charge in [0.25, 0.3) is 10.0 Å². The van der Waals surface area contributed by atoms with Gasteiger partial charge in [0.15, 0.2) is 0 Å². The van der Waals surface area contributed by atoms with Crippen LogP contribution in [-0.4, -0.2) is 54.0 Å². The topological polar surface area (TPSA) is 105 Å². The van der Waals surface area contributed by atoms with E-state index in [0.717, 1.165) is 18.4 Å². The van der Waals surface area contributed by atoms with Crippen molar-refractivity contribution in [2.75, 3.05) is 42.9 Å². The van der Waals surface area contributed by atoms with Gasteiger partial charge in [0, 0.05) is 19.6 Å². The summed E-state index contributed by atoms with van der Waals surface area (Å²) in [6.45, 7) is 5.78. The third kappa shape index (κ3) is 5.76. The van der Waals surface area contributed by atoms with E-state index in [2.05, 4.69) is 17.0 Å². The second-order valence-corrected chi connectivity index (χ2v) is 11.0. The van der Waals surface area contributed by atoms with Gasteiger partial charge in [0.2, 0.25) is 10.0 Å². The Labute approximate surface area is 184 Å². The Balaban J connectivity index is 1.96. The van der Waals surface area contributed by atoms with E-state index in [-0.39, 0.29) is 28.6 Å². The number of anilines is 2. The van der Waals surface area contributed by atoms with Crippen LogP contribution in [0.15, 0.2) is 52.3 Å². The Morgan fingerprint density at radius 2 is 1.58 bits per heavy atom. The molecular formula is C21H29N3O5S2. The van der Waals surface area contributed by atoms with Crippen molar-refractivity contribution in [1.29, 1.82) is 0 Å². The fourth-order valence-electron chi connectivity index (χ4n) is 3.18. The summed E-state index contributed by atoms with van der Waals surface area (Å²) < 4.78 is 61.2. The molecule has 0 unspecified atom stereocenters. The highest BCUT2D eigenvalue weighted by atomic mass is 32.2. The predicted molar refractivity (Wildman–Crippen MR) is 121 cm³/mol. The van der Waals surface area contributed by atoms with Crippen molar-refractivity contribution in [3.05, 3.63) is 48.0 Å². The lowest BCUT2D eigenvalue weighted by Gasteiger charge is -2.26. The minimum absolute atomic E-state index is 0.0389. The molecule has 1 saturated heterocycles. The van der Waals surface area contributed by atoms with E-state index in [1.54, 1.807) is 18.2 Å². The van der Waals surface area contributed by atoms with Crippen molar-refractivity contribution in [2.45, 2.75) is 36.5 Å². The number of nitrogens with zero attached hydrogens (tertiary/aromatic N) is 1. The van der Waals surface area contributed by atoms with Gasteiger partial charge in [-0.05, 0) is 43.7 Å². The summed E-state index contributed by atoms with van der Waals surface area (Å²) in [5.74, 6) is 0. The predicted octanol–water partition coefficient (Wildman–Crippen LogP) is 3.03. The highest BCUT2D eigenvalue weighted by Crippen LogP contribution is 2.30. The highest BCUT2D eigenvalue weighted by Gasteiger charge is 2.27. The highest BCUT2D eigenvalue weighted by molar-refractivity contribution is 7.92. The quantitative estimate of drug-likeness (QED) is 0.549. The van der Waals surface area contributed by atoms with Gasteiger partial charge in [-0.15, -0.1) is 0 Å². The van der Waals surface area contributed by atoms with Gasteiger partial charge in [-0.25, -0.2) is 16.8 Å². The molecule has 0 aliphatic carbocycles. The summed E-state index contributed by atoms with van der Waals surface area (Å²) in [6.07, 6.45) is 1.87. The first-order valence-corrected chi connectivity index (χ1v) is 13.2. The minimum Gasteiger partial charge on any atom is -0.383 e. The fourth-order valence-corrected chi connectivity index (χ4v) is 5.68. The molecule has 1 aliphatic rings. The number of rotatable bonds is 9. The van der Waals surface area contributed by atoms with Crippen LogP contribution in [0, 0.1) is 6.92 Å². The first kappa shape index (κ1) is 23.5. The number of sulfonamides is 2. The van der Waals surface area contributed by atoms with Crippen LogP contribution < -0.4 is 10.0 Å². The van der Waals surface area contributed by atoms with Gasteiger partial charge in [-0.3, -0.25) is 4.72 Å². The summed E-state index contributed by atoms with van der Waals surface area (Å²) in [5.41, 5.74) is 1.68. The molecule has 0 spiro atoms. The molecule has 170 valence electrons. The van der Waals surface area contributed by atoms with E-state index in [1.807, 2.05) is 6.92 Å². The van der Waals surface area contributed by atoms with Crippen LogP contribution in [-0.2, 0) is 24.8 Å². The molecule has 1 heterocycles. The molecule has 2 aromatic rings. The smallest absolute Gasteiger partial charge is 0.261 e. The summed E-state index contributed by atoms with van der Waals surface area (Å²) >= 11 is 0.